The lowest BCUT2D eigenvalue weighted by atomic mass is 10.2. The first-order chi connectivity index (χ1) is 13.0. The number of benzene rings is 1. The van der Waals surface area contributed by atoms with Gasteiger partial charge in [-0.25, -0.2) is 9.78 Å². The molecule has 0 saturated carbocycles. The second-order valence-corrected chi connectivity index (χ2v) is 5.55. The first-order valence-corrected chi connectivity index (χ1v) is 7.85. The molecular weight excluding hydrogens is 354 g/mol. The summed E-state index contributed by atoms with van der Waals surface area (Å²) in [7, 11) is 1.57. The number of amides is 1. The number of imidazole rings is 1. The number of carbonyl (C=O) groups excluding carboxylic acids is 1. The molecule has 3 N–H and O–H groups in total. The summed E-state index contributed by atoms with van der Waals surface area (Å²) in [6.45, 7) is 3.55. The van der Waals surface area contributed by atoms with Gasteiger partial charge in [0.25, 0.3) is 0 Å². The highest BCUT2D eigenvalue weighted by Gasteiger charge is 2.22. The number of ether oxygens (including phenoxy) is 2. The standard InChI is InChI=1S/C17H17N5O5/c1-10-14-15(22(9-18-14)7-13(23)24)20-16(19-10)21-17(25)27-8-11-3-5-12(26-2)6-4-11/h3-6,9H,1,7-8H2,2H3,(H,23,24)(H2,19,20,21,25). The topological polar surface area (TPSA) is 127 Å². The first kappa shape index (κ1) is 18.0. The van der Waals surface area contributed by atoms with Crippen molar-refractivity contribution in [2.45, 2.75) is 13.2 Å². The lowest BCUT2D eigenvalue weighted by Crippen LogP contribution is -2.41. The van der Waals surface area contributed by atoms with E-state index in [4.69, 9.17) is 14.6 Å². The van der Waals surface area contributed by atoms with E-state index in [1.165, 1.54) is 10.9 Å². The molecule has 3 rings (SSSR count). The Kier molecular flexibility index (Phi) is 5.06. The number of hydrogen-bond donors (Lipinski definition) is 3. The Hall–Kier alpha value is -3.82. The molecule has 1 aliphatic rings. The third kappa shape index (κ3) is 4.24. The van der Waals surface area contributed by atoms with Crippen LogP contribution in [0.25, 0.3) is 5.70 Å². The predicted molar refractivity (Wildman–Crippen MR) is 95.4 cm³/mol. The van der Waals surface area contributed by atoms with Gasteiger partial charge in [0.05, 0.1) is 19.1 Å². The van der Waals surface area contributed by atoms with E-state index in [-0.39, 0.29) is 24.9 Å². The molecule has 0 unspecified atom stereocenters. The first-order valence-electron chi connectivity index (χ1n) is 7.85. The Bertz CT molecular complexity index is 916. The zero-order valence-electron chi connectivity index (χ0n) is 14.4. The van der Waals surface area contributed by atoms with Gasteiger partial charge >= 0.3 is 12.1 Å². The third-order valence-corrected chi connectivity index (χ3v) is 3.64. The number of carboxylic acids is 1. The van der Waals surface area contributed by atoms with Gasteiger partial charge in [-0.05, 0) is 17.7 Å². The number of nitrogens with one attached hydrogen (secondary N) is 2. The maximum atomic E-state index is 12.0. The second-order valence-electron chi connectivity index (χ2n) is 5.55. The van der Waals surface area contributed by atoms with Gasteiger partial charge in [-0.15, -0.1) is 0 Å². The van der Waals surface area contributed by atoms with Crippen molar-refractivity contribution >= 4 is 29.5 Å². The average Bonchev–Trinajstić information content (AvgIpc) is 3.03. The zero-order valence-corrected chi connectivity index (χ0v) is 14.4. The highest BCUT2D eigenvalue weighted by Crippen LogP contribution is 2.26. The summed E-state index contributed by atoms with van der Waals surface area (Å²) in [6, 6.07) is 7.08. The lowest BCUT2D eigenvalue weighted by Gasteiger charge is -2.17. The number of carboxylic acid groups (broad SMARTS) is 1. The quantitative estimate of drug-likeness (QED) is 0.726. The van der Waals surface area contributed by atoms with Gasteiger partial charge in [0.15, 0.2) is 5.82 Å². The van der Waals surface area contributed by atoms with Crippen molar-refractivity contribution < 1.29 is 24.2 Å². The van der Waals surface area contributed by atoms with Gasteiger partial charge in [0.1, 0.15) is 24.6 Å². The van der Waals surface area contributed by atoms with E-state index in [1.54, 1.807) is 31.4 Å². The molecule has 0 bridgehead atoms. The van der Waals surface area contributed by atoms with E-state index in [9.17, 15) is 9.59 Å². The normalized spacial score (nSPS) is 12.5. The summed E-state index contributed by atoms with van der Waals surface area (Å²) in [5.74, 6) is 0.0187. The number of methoxy groups -OCH3 is 1. The third-order valence-electron chi connectivity index (χ3n) is 3.64. The van der Waals surface area contributed by atoms with Crippen LogP contribution in [0.1, 0.15) is 11.3 Å². The summed E-state index contributed by atoms with van der Waals surface area (Å²) in [4.78, 5) is 31.2. The van der Waals surface area contributed by atoms with Crippen molar-refractivity contribution in [1.29, 1.82) is 0 Å². The summed E-state index contributed by atoms with van der Waals surface area (Å²) >= 11 is 0. The Labute approximate surface area is 154 Å². The van der Waals surface area contributed by atoms with Gasteiger partial charge < -0.3 is 24.5 Å². The lowest BCUT2D eigenvalue weighted by molar-refractivity contribution is -0.137. The maximum absolute atomic E-state index is 12.0. The largest absolute Gasteiger partial charge is 0.497 e. The van der Waals surface area contributed by atoms with Crippen LogP contribution >= 0.6 is 0 Å². The molecule has 1 amide bonds. The van der Waals surface area contributed by atoms with Crippen LogP contribution in [0.5, 0.6) is 5.75 Å². The van der Waals surface area contributed by atoms with Crippen molar-refractivity contribution in [3.05, 3.63) is 48.4 Å². The number of rotatable bonds is 5. The molecule has 0 atom stereocenters. The fourth-order valence-electron chi connectivity index (χ4n) is 2.37. The Morgan fingerprint density at radius 2 is 2.07 bits per heavy atom. The number of hydrogen-bond acceptors (Lipinski definition) is 7. The van der Waals surface area contributed by atoms with Crippen LogP contribution in [0.3, 0.4) is 0 Å². The number of guanidine groups is 1. The van der Waals surface area contributed by atoms with E-state index in [2.05, 4.69) is 27.2 Å². The summed E-state index contributed by atoms with van der Waals surface area (Å²) in [5.41, 5.74) is 1.58. The van der Waals surface area contributed by atoms with Crippen molar-refractivity contribution in [1.82, 2.24) is 20.2 Å². The van der Waals surface area contributed by atoms with Crippen LogP contribution in [-0.4, -0.2) is 39.8 Å². The number of aliphatic imine (C=N–C) groups is 1. The molecule has 1 aliphatic heterocycles. The van der Waals surface area contributed by atoms with E-state index in [1.807, 2.05) is 0 Å². The van der Waals surface area contributed by atoms with Crippen LogP contribution in [0.2, 0.25) is 0 Å². The van der Waals surface area contributed by atoms with Crippen molar-refractivity contribution in [3.8, 4) is 5.75 Å². The van der Waals surface area contributed by atoms with Crippen molar-refractivity contribution in [3.63, 3.8) is 0 Å². The molecule has 0 spiro atoms. The van der Waals surface area contributed by atoms with Gasteiger partial charge in [-0.2, -0.15) is 4.99 Å². The highest BCUT2D eigenvalue weighted by atomic mass is 16.5. The number of aliphatic carboxylic acids is 1. The predicted octanol–water partition coefficient (Wildman–Crippen LogP) is 1.46. The molecule has 0 saturated heterocycles. The van der Waals surface area contributed by atoms with Crippen LogP contribution in [0, 0.1) is 0 Å². The van der Waals surface area contributed by atoms with Crippen LogP contribution in [0.4, 0.5) is 10.6 Å². The molecule has 140 valence electrons. The average molecular weight is 371 g/mol. The molecule has 10 heteroatoms. The number of nitrogens with zero attached hydrogens (tertiary/aromatic N) is 3. The van der Waals surface area contributed by atoms with Gasteiger partial charge in [0.2, 0.25) is 5.96 Å². The number of alkyl carbamates (subject to hydrolysis) is 1. The second kappa shape index (κ2) is 7.60. The maximum Gasteiger partial charge on any atom is 0.414 e. The van der Waals surface area contributed by atoms with Gasteiger partial charge in [-0.1, -0.05) is 18.7 Å². The zero-order chi connectivity index (χ0) is 19.4. The number of fused-ring (bicyclic) bond motifs is 1. The molecule has 0 aliphatic carbocycles. The molecule has 1 aromatic heterocycles. The Morgan fingerprint density at radius 1 is 1.33 bits per heavy atom. The van der Waals surface area contributed by atoms with Crippen LogP contribution < -0.4 is 15.4 Å². The van der Waals surface area contributed by atoms with Crippen LogP contribution in [0.15, 0.2) is 42.2 Å². The molecular formula is C17H17N5O5. The Morgan fingerprint density at radius 3 is 2.74 bits per heavy atom. The van der Waals surface area contributed by atoms with Crippen LogP contribution in [-0.2, 0) is 22.7 Å². The molecule has 2 heterocycles. The Balaban J connectivity index is 1.64. The van der Waals surface area contributed by atoms with E-state index in [0.717, 1.165) is 5.56 Å². The summed E-state index contributed by atoms with van der Waals surface area (Å²) < 4.78 is 11.6. The minimum absolute atomic E-state index is 0.0618. The fraction of sp³-hybridized carbons (Fsp3) is 0.176. The molecule has 2 aromatic rings. The molecule has 0 fully saturated rings. The summed E-state index contributed by atoms with van der Waals surface area (Å²) in [5, 5.41) is 14.2. The molecule has 10 nitrogen and oxygen atoms in total. The molecule has 1 aromatic carbocycles. The minimum atomic E-state index is -1.04. The van der Waals surface area contributed by atoms with E-state index in [0.29, 0.717) is 17.1 Å². The van der Waals surface area contributed by atoms with E-state index < -0.39 is 12.1 Å². The molecule has 0 radical (unpaired) electrons. The number of aromatic nitrogens is 2. The van der Waals surface area contributed by atoms with Crippen molar-refractivity contribution in [2.24, 2.45) is 4.99 Å². The van der Waals surface area contributed by atoms with Crippen molar-refractivity contribution in [2.75, 3.05) is 7.11 Å². The SMILES string of the molecule is C=C1NC(NC(=O)OCc2ccc(OC)cc2)=Nc2c1ncn2CC(=O)O. The summed E-state index contributed by atoms with van der Waals surface area (Å²) in [6.07, 6.45) is 0.623. The fourth-order valence-corrected chi connectivity index (χ4v) is 2.37. The molecule has 27 heavy (non-hydrogen) atoms. The highest BCUT2D eigenvalue weighted by molar-refractivity contribution is 6.01. The monoisotopic (exact) mass is 371 g/mol. The smallest absolute Gasteiger partial charge is 0.414 e. The number of carbonyl (C=O) groups is 2. The van der Waals surface area contributed by atoms with Gasteiger partial charge in [-0.3, -0.25) is 10.1 Å². The minimum Gasteiger partial charge on any atom is -0.497 e. The van der Waals surface area contributed by atoms with E-state index >= 15 is 0 Å². The van der Waals surface area contributed by atoms with Gasteiger partial charge in [0, 0.05) is 0 Å².